The Morgan fingerprint density at radius 2 is 1.89 bits per heavy atom. The molecule has 0 radical (unpaired) electrons. The van der Waals surface area contributed by atoms with Crippen molar-refractivity contribution < 1.29 is 14.3 Å². The lowest BCUT2D eigenvalue weighted by Crippen LogP contribution is -2.44. The molecule has 1 aliphatic rings. The highest BCUT2D eigenvalue weighted by Crippen LogP contribution is 2.21. The van der Waals surface area contributed by atoms with Crippen molar-refractivity contribution >= 4 is 23.6 Å². The minimum Gasteiger partial charge on any atom is -0.466 e. The van der Waals surface area contributed by atoms with Crippen molar-refractivity contribution in [3.05, 3.63) is 70.6 Å². The van der Waals surface area contributed by atoms with E-state index in [9.17, 15) is 14.4 Å². The van der Waals surface area contributed by atoms with Gasteiger partial charge in [-0.3, -0.25) is 19.0 Å². The fourth-order valence-corrected chi connectivity index (χ4v) is 3.34. The van der Waals surface area contributed by atoms with Gasteiger partial charge < -0.3 is 9.64 Å². The van der Waals surface area contributed by atoms with Crippen molar-refractivity contribution in [2.24, 2.45) is 5.92 Å². The minimum atomic E-state index is -0.330. The van der Waals surface area contributed by atoms with E-state index in [1.807, 2.05) is 30.3 Å². The summed E-state index contributed by atoms with van der Waals surface area (Å²) < 4.78 is 6.47. The number of piperidine rings is 1. The quantitative estimate of drug-likeness (QED) is 0.591. The highest BCUT2D eigenvalue weighted by Gasteiger charge is 2.31. The smallest absolute Gasteiger partial charge is 0.310 e. The van der Waals surface area contributed by atoms with Crippen LogP contribution in [0.15, 0.2) is 59.5 Å². The predicted molar refractivity (Wildman–Crippen MR) is 107 cm³/mol. The SMILES string of the molecule is CCOC(=O)C1CCCN(C(=O)C(=Cc2ccccc2)n2ccccc2=O)C1. The van der Waals surface area contributed by atoms with Crippen LogP contribution >= 0.6 is 0 Å². The summed E-state index contributed by atoms with van der Waals surface area (Å²) in [7, 11) is 0. The van der Waals surface area contributed by atoms with E-state index in [4.69, 9.17) is 4.74 Å². The van der Waals surface area contributed by atoms with Gasteiger partial charge in [0, 0.05) is 25.4 Å². The molecule has 0 spiro atoms. The second-order valence-electron chi connectivity index (χ2n) is 6.69. The number of likely N-dealkylation sites (tertiary alicyclic amines) is 1. The molecule has 1 atom stereocenters. The molecule has 1 aromatic heterocycles. The molecular formula is C22H24N2O4. The zero-order chi connectivity index (χ0) is 19.9. The number of carbonyl (C=O) groups is 2. The molecule has 0 N–H and O–H groups in total. The maximum Gasteiger partial charge on any atom is 0.310 e. The van der Waals surface area contributed by atoms with E-state index in [0.29, 0.717) is 26.1 Å². The van der Waals surface area contributed by atoms with Crippen LogP contribution in [0.3, 0.4) is 0 Å². The van der Waals surface area contributed by atoms with Gasteiger partial charge in [0.05, 0.1) is 12.5 Å². The Morgan fingerprint density at radius 1 is 1.14 bits per heavy atom. The highest BCUT2D eigenvalue weighted by atomic mass is 16.5. The lowest BCUT2D eigenvalue weighted by atomic mass is 9.98. The summed E-state index contributed by atoms with van der Waals surface area (Å²) in [6, 6.07) is 14.2. The maximum atomic E-state index is 13.3. The van der Waals surface area contributed by atoms with Gasteiger partial charge in [-0.05, 0) is 37.5 Å². The zero-order valence-corrected chi connectivity index (χ0v) is 15.9. The molecule has 3 rings (SSSR count). The number of carbonyl (C=O) groups excluding carboxylic acids is 2. The second kappa shape index (κ2) is 9.17. The van der Waals surface area contributed by atoms with Gasteiger partial charge in [-0.15, -0.1) is 0 Å². The van der Waals surface area contributed by atoms with Crippen LogP contribution < -0.4 is 5.56 Å². The molecule has 2 heterocycles. The molecule has 6 heteroatoms. The third kappa shape index (κ3) is 4.57. The van der Waals surface area contributed by atoms with Crippen molar-refractivity contribution in [1.29, 1.82) is 0 Å². The van der Waals surface area contributed by atoms with Crippen LogP contribution in [0.4, 0.5) is 0 Å². The normalized spacial score (nSPS) is 17.2. The number of ether oxygens (including phenoxy) is 1. The van der Waals surface area contributed by atoms with Crippen LogP contribution in [0.1, 0.15) is 25.3 Å². The Labute approximate surface area is 164 Å². The van der Waals surface area contributed by atoms with Gasteiger partial charge in [0.2, 0.25) is 0 Å². The number of rotatable bonds is 5. The number of nitrogens with zero attached hydrogens (tertiary/aromatic N) is 2. The number of esters is 1. The van der Waals surface area contributed by atoms with Gasteiger partial charge in [0.15, 0.2) is 0 Å². The summed E-state index contributed by atoms with van der Waals surface area (Å²) in [6.45, 7) is 2.93. The molecule has 1 unspecified atom stereocenters. The van der Waals surface area contributed by atoms with Crippen LogP contribution in [0, 0.1) is 5.92 Å². The van der Waals surface area contributed by atoms with Crippen LogP contribution in [0.5, 0.6) is 0 Å². The van der Waals surface area contributed by atoms with Crippen molar-refractivity contribution in [2.75, 3.05) is 19.7 Å². The topological polar surface area (TPSA) is 68.6 Å². The maximum absolute atomic E-state index is 13.3. The largest absolute Gasteiger partial charge is 0.466 e. The molecule has 1 amide bonds. The summed E-state index contributed by atoms with van der Waals surface area (Å²) in [4.78, 5) is 39.5. The Hall–Kier alpha value is -3.15. The summed E-state index contributed by atoms with van der Waals surface area (Å²) in [5.41, 5.74) is 0.804. The summed E-state index contributed by atoms with van der Waals surface area (Å²) in [5, 5.41) is 0. The van der Waals surface area contributed by atoms with E-state index in [1.54, 1.807) is 36.2 Å². The van der Waals surface area contributed by atoms with E-state index in [2.05, 4.69) is 0 Å². The summed E-state index contributed by atoms with van der Waals surface area (Å²) >= 11 is 0. The lowest BCUT2D eigenvalue weighted by molar-refractivity contribution is -0.150. The standard InChI is InChI=1S/C22H24N2O4/c1-2-28-22(27)18-11-8-13-23(16-18)21(26)19(15-17-9-4-3-5-10-17)24-14-7-6-12-20(24)25/h3-7,9-10,12,14-15,18H,2,8,11,13,16H2,1H3. The molecule has 1 saturated heterocycles. The van der Waals surface area contributed by atoms with E-state index >= 15 is 0 Å². The molecule has 0 aliphatic carbocycles. The zero-order valence-electron chi connectivity index (χ0n) is 15.9. The van der Waals surface area contributed by atoms with E-state index in [-0.39, 0.29) is 29.1 Å². The van der Waals surface area contributed by atoms with Crippen molar-refractivity contribution in [2.45, 2.75) is 19.8 Å². The molecule has 0 bridgehead atoms. The fourth-order valence-electron chi connectivity index (χ4n) is 3.34. The van der Waals surface area contributed by atoms with Gasteiger partial charge in [0.25, 0.3) is 11.5 Å². The predicted octanol–water partition coefficient (Wildman–Crippen LogP) is 2.65. The fraction of sp³-hybridized carbons (Fsp3) is 0.318. The molecule has 1 fully saturated rings. The summed E-state index contributed by atoms with van der Waals surface area (Å²) in [5.74, 6) is -0.875. The number of amides is 1. The van der Waals surface area contributed by atoms with Crippen LogP contribution in [-0.4, -0.2) is 41.0 Å². The molecule has 0 saturated carbocycles. The molecule has 1 aromatic carbocycles. The van der Waals surface area contributed by atoms with E-state index < -0.39 is 0 Å². The van der Waals surface area contributed by atoms with E-state index in [0.717, 1.165) is 12.0 Å². The van der Waals surface area contributed by atoms with Gasteiger partial charge in [-0.25, -0.2) is 0 Å². The van der Waals surface area contributed by atoms with Gasteiger partial charge >= 0.3 is 5.97 Å². The van der Waals surface area contributed by atoms with Crippen molar-refractivity contribution in [3.8, 4) is 0 Å². The number of hydrogen-bond acceptors (Lipinski definition) is 4. The lowest BCUT2D eigenvalue weighted by Gasteiger charge is -2.32. The van der Waals surface area contributed by atoms with Gasteiger partial charge in [0.1, 0.15) is 5.70 Å². The Balaban J connectivity index is 1.93. The van der Waals surface area contributed by atoms with Crippen LogP contribution in [0.25, 0.3) is 11.8 Å². The highest BCUT2D eigenvalue weighted by molar-refractivity contribution is 6.18. The minimum absolute atomic E-state index is 0.265. The Morgan fingerprint density at radius 3 is 2.61 bits per heavy atom. The Bertz CT molecular complexity index is 917. The van der Waals surface area contributed by atoms with Gasteiger partial charge in [-0.1, -0.05) is 36.4 Å². The molecule has 146 valence electrons. The molecule has 2 aromatic rings. The summed E-state index contributed by atoms with van der Waals surface area (Å²) in [6.07, 6.45) is 4.71. The Kier molecular flexibility index (Phi) is 6.42. The molecule has 28 heavy (non-hydrogen) atoms. The van der Waals surface area contributed by atoms with Crippen LogP contribution in [0.2, 0.25) is 0 Å². The van der Waals surface area contributed by atoms with E-state index in [1.165, 1.54) is 10.6 Å². The van der Waals surface area contributed by atoms with Gasteiger partial charge in [-0.2, -0.15) is 0 Å². The van der Waals surface area contributed by atoms with Crippen LogP contribution in [-0.2, 0) is 14.3 Å². The first-order valence-electron chi connectivity index (χ1n) is 9.51. The average Bonchev–Trinajstić information content (AvgIpc) is 2.73. The first-order chi connectivity index (χ1) is 13.6. The number of benzene rings is 1. The molecular weight excluding hydrogens is 356 g/mol. The second-order valence-corrected chi connectivity index (χ2v) is 6.69. The first kappa shape index (κ1) is 19.6. The first-order valence-corrected chi connectivity index (χ1v) is 9.51. The van der Waals surface area contributed by atoms with Crippen molar-refractivity contribution in [3.63, 3.8) is 0 Å². The average molecular weight is 380 g/mol. The number of pyridine rings is 1. The van der Waals surface area contributed by atoms with Crippen molar-refractivity contribution in [1.82, 2.24) is 9.47 Å². The number of aromatic nitrogens is 1. The third-order valence-electron chi connectivity index (χ3n) is 4.73. The molecule has 6 nitrogen and oxygen atoms in total. The molecule has 1 aliphatic heterocycles. The monoisotopic (exact) mass is 380 g/mol. The number of hydrogen-bond donors (Lipinski definition) is 0. The third-order valence-corrected chi connectivity index (χ3v) is 4.73.